The zero-order valence-corrected chi connectivity index (χ0v) is 12.0. The number of aromatic nitrogens is 1. The summed E-state index contributed by atoms with van der Waals surface area (Å²) in [5.41, 5.74) is 0.837. The number of nitrogens with zero attached hydrogens (tertiary/aromatic N) is 2. The Morgan fingerprint density at radius 3 is 2.81 bits per heavy atom. The molecule has 0 atom stereocenters. The Bertz CT molecular complexity index is 287. The molecule has 5 nitrogen and oxygen atoms in total. The van der Waals surface area contributed by atoms with Gasteiger partial charge in [-0.2, -0.15) is 0 Å². The molecule has 0 saturated carbocycles. The topological polar surface area (TPSA) is 62.5 Å². The van der Waals surface area contributed by atoms with Crippen LogP contribution in [0.3, 0.4) is 0 Å². The molecule has 0 saturated heterocycles. The van der Waals surface area contributed by atoms with Gasteiger partial charge in [-0.15, -0.1) is 24.0 Å². The van der Waals surface area contributed by atoms with E-state index in [0.29, 0.717) is 6.54 Å². The lowest BCUT2D eigenvalue weighted by atomic mass is 10.4. The highest BCUT2D eigenvalue weighted by molar-refractivity contribution is 14.0. The van der Waals surface area contributed by atoms with Crippen molar-refractivity contribution in [2.75, 3.05) is 13.1 Å². The summed E-state index contributed by atoms with van der Waals surface area (Å²) in [5.74, 6) is 0.822. The van der Waals surface area contributed by atoms with Gasteiger partial charge < -0.3 is 15.2 Å². The van der Waals surface area contributed by atoms with Gasteiger partial charge in [0, 0.05) is 19.2 Å². The van der Waals surface area contributed by atoms with Crippen molar-refractivity contribution in [1.29, 1.82) is 0 Å². The minimum Gasteiger partial charge on any atom is -0.364 e. The minimum atomic E-state index is 0. The van der Waals surface area contributed by atoms with Crippen LogP contribution in [-0.4, -0.2) is 24.2 Å². The van der Waals surface area contributed by atoms with Crippen LogP contribution in [-0.2, 0) is 6.54 Å². The van der Waals surface area contributed by atoms with Crippen molar-refractivity contribution in [1.82, 2.24) is 15.8 Å². The summed E-state index contributed by atoms with van der Waals surface area (Å²) in [6.45, 7) is 6.47. The Labute approximate surface area is 113 Å². The predicted octanol–water partition coefficient (Wildman–Crippen LogP) is 1.76. The summed E-state index contributed by atoms with van der Waals surface area (Å²) in [5, 5.41) is 10.2. The molecule has 1 rings (SSSR count). The molecule has 0 aromatic carbocycles. The van der Waals surface area contributed by atoms with Crippen molar-refractivity contribution in [3.63, 3.8) is 0 Å². The van der Waals surface area contributed by atoms with Crippen LogP contribution < -0.4 is 10.6 Å². The van der Waals surface area contributed by atoms with Gasteiger partial charge in [0.25, 0.3) is 0 Å². The molecular formula is C10H19IN4O. The molecule has 0 spiro atoms. The van der Waals surface area contributed by atoms with E-state index in [0.717, 1.165) is 31.2 Å². The highest BCUT2D eigenvalue weighted by atomic mass is 127. The lowest BCUT2D eigenvalue weighted by molar-refractivity contribution is 0.412. The summed E-state index contributed by atoms with van der Waals surface area (Å²) in [4.78, 5) is 4.37. The number of hydrogen-bond donors (Lipinski definition) is 2. The zero-order valence-electron chi connectivity index (χ0n) is 9.69. The van der Waals surface area contributed by atoms with Crippen LogP contribution in [0.5, 0.6) is 0 Å². The van der Waals surface area contributed by atoms with Crippen molar-refractivity contribution >= 4 is 29.9 Å². The zero-order chi connectivity index (χ0) is 10.9. The average molecular weight is 338 g/mol. The van der Waals surface area contributed by atoms with E-state index in [1.165, 1.54) is 0 Å². The molecule has 16 heavy (non-hydrogen) atoms. The Morgan fingerprint density at radius 1 is 1.44 bits per heavy atom. The maximum absolute atomic E-state index is 4.73. The molecule has 6 heteroatoms. The van der Waals surface area contributed by atoms with E-state index < -0.39 is 0 Å². The predicted molar refractivity (Wildman–Crippen MR) is 75.0 cm³/mol. The second-order valence-corrected chi connectivity index (χ2v) is 3.11. The fourth-order valence-corrected chi connectivity index (χ4v) is 1.06. The molecule has 0 aliphatic carbocycles. The monoisotopic (exact) mass is 338 g/mol. The highest BCUT2D eigenvalue weighted by Crippen LogP contribution is 1.95. The molecule has 0 amide bonds. The Kier molecular flexibility index (Phi) is 8.97. The number of hydrogen-bond acceptors (Lipinski definition) is 3. The van der Waals surface area contributed by atoms with Gasteiger partial charge in [0.05, 0.1) is 6.54 Å². The van der Waals surface area contributed by atoms with Crippen molar-refractivity contribution < 1.29 is 4.52 Å². The van der Waals surface area contributed by atoms with Crippen molar-refractivity contribution in [2.24, 2.45) is 4.99 Å². The lowest BCUT2D eigenvalue weighted by Crippen LogP contribution is -2.37. The summed E-state index contributed by atoms with van der Waals surface area (Å²) in [6, 6.07) is 1.81. The number of rotatable bonds is 5. The summed E-state index contributed by atoms with van der Waals surface area (Å²) in [6.07, 6.45) is 2.63. The van der Waals surface area contributed by atoms with E-state index in [1.54, 1.807) is 6.26 Å². The van der Waals surface area contributed by atoms with Gasteiger partial charge in [0.2, 0.25) is 0 Å². The smallest absolute Gasteiger partial charge is 0.191 e. The number of guanidine groups is 1. The first-order valence-electron chi connectivity index (χ1n) is 5.28. The Balaban J connectivity index is 0.00000225. The molecule has 92 valence electrons. The number of nitrogens with one attached hydrogen (secondary N) is 2. The van der Waals surface area contributed by atoms with Crippen LogP contribution in [0.25, 0.3) is 0 Å². The molecule has 1 heterocycles. The van der Waals surface area contributed by atoms with Crippen LogP contribution in [0.2, 0.25) is 0 Å². The van der Waals surface area contributed by atoms with E-state index in [2.05, 4.69) is 27.7 Å². The van der Waals surface area contributed by atoms with Crippen molar-refractivity contribution in [2.45, 2.75) is 26.8 Å². The van der Waals surface area contributed by atoms with Gasteiger partial charge in [0.15, 0.2) is 5.96 Å². The van der Waals surface area contributed by atoms with E-state index in [4.69, 9.17) is 4.52 Å². The molecule has 0 fully saturated rings. The summed E-state index contributed by atoms with van der Waals surface area (Å²) in [7, 11) is 0. The molecule has 0 aliphatic heterocycles. The third kappa shape index (κ3) is 5.94. The first kappa shape index (κ1) is 15.2. The SMILES string of the molecule is CCCNC(=NCc1ccon1)NCC.I. The minimum absolute atomic E-state index is 0. The van der Waals surface area contributed by atoms with Crippen LogP contribution in [0.15, 0.2) is 21.8 Å². The van der Waals surface area contributed by atoms with E-state index in [9.17, 15) is 0 Å². The first-order valence-corrected chi connectivity index (χ1v) is 5.28. The van der Waals surface area contributed by atoms with Crippen LogP contribution in [0.1, 0.15) is 26.0 Å². The van der Waals surface area contributed by atoms with Gasteiger partial charge in [-0.3, -0.25) is 0 Å². The second kappa shape index (κ2) is 9.44. The van der Waals surface area contributed by atoms with Crippen LogP contribution >= 0.6 is 24.0 Å². The fourth-order valence-electron chi connectivity index (χ4n) is 1.06. The third-order valence-corrected chi connectivity index (χ3v) is 1.78. The quantitative estimate of drug-likeness (QED) is 0.488. The van der Waals surface area contributed by atoms with Crippen LogP contribution in [0.4, 0.5) is 0 Å². The maximum atomic E-state index is 4.73. The molecule has 1 aromatic rings. The lowest BCUT2D eigenvalue weighted by Gasteiger charge is -2.09. The number of aliphatic imine (C=N–C) groups is 1. The largest absolute Gasteiger partial charge is 0.364 e. The molecule has 2 N–H and O–H groups in total. The van der Waals surface area contributed by atoms with E-state index in [1.807, 2.05) is 13.0 Å². The Morgan fingerprint density at radius 2 is 2.25 bits per heavy atom. The van der Waals surface area contributed by atoms with Gasteiger partial charge in [-0.05, 0) is 13.3 Å². The van der Waals surface area contributed by atoms with Crippen molar-refractivity contribution in [3.05, 3.63) is 18.0 Å². The van der Waals surface area contributed by atoms with Gasteiger partial charge in [-0.25, -0.2) is 4.99 Å². The summed E-state index contributed by atoms with van der Waals surface area (Å²) < 4.78 is 4.73. The molecule has 0 unspecified atom stereocenters. The highest BCUT2D eigenvalue weighted by Gasteiger charge is 1.97. The first-order chi connectivity index (χ1) is 7.36. The Hall–Kier alpha value is -0.790. The van der Waals surface area contributed by atoms with E-state index in [-0.39, 0.29) is 24.0 Å². The van der Waals surface area contributed by atoms with E-state index >= 15 is 0 Å². The standard InChI is InChI=1S/C10H18N4O.HI/c1-3-6-12-10(11-4-2)13-8-9-5-7-15-14-9;/h5,7H,3-4,6,8H2,1-2H3,(H2,11,12,13);1H. The molecule has 0 bridgehead atoms. The molecule has 0 radical (unpaired) electrons. The van der Waals surface area contributed by atoms with Gasteiger partial charge in [-0.1, -0.05) is 12.1 Å². The number of halogens is 1. The molecule has 0 aliphatic rings. The van der Waals surface area contributed by atoms with Crippen molar-refractivity contribution in [3.8, 4) is 0 Å². The molecular weight excluding hydrogens is 319 g/mol. The summed E-state index contributed by atoms with van der Waals surface area (Å²) >= 11 is 0. The average Bonchev–Trinajstić information content (AvgIpc) is 2.75. The third-order valence-electron chi connectivity index (χ3n) is 1.78. The maximum Gasteiger partial charge on any atom is 0.191 e. The van der Waals surface area contributed by atoms with Crippen LogP contribution in [0, 0.1) is 0 Å². The second-order valence-electron chi connectivity index (χ2n) is 3.11. The molecule has 1 aromatic heterocycles. The fraction of sp³-hybridized carbons (Fsp3) is 0.600. The van der Waals surface area contributed by atoms with Gasteiger partial charge in [0.1, 0.15) is 12.0 Å². The van der Waals surface area contributed by atoms with Gasteiger partial charge >= 0.3 is 0 Å². The normalized spacial score (nSPS) is 10.8.